The lowest BCUT2D eigenvalue weighted by molar-refractivity contribution is -0.208. The number of nitrogens with zero attached hydrogens (tertiary/aromatic N) is 2. The highest BCUT2D eigenvalue weighted by Crippen LogP contribution is 2.34. The van der Waals surface area contributed by atoms with Crippen LogP contribution in [0.3, 0.4) is 0 Å². The minimum atomic E-state index is -4.69. The number of hydrogen-bond donors (Lipinski definition) is 1. The first-order valence-electron chi connectivity index (χ1n) is 4.60. The van der Waals surface area contributed by atoms with Gasteiger partial charge < -0.3 is 5.11 Å². The molecule has 0 aliphatic carbocycles. The number of aromatic nitrogens is 2. The number of halogens is 3. The molecule has 0 aliphatic rings. The lowest BCUT2D eigenvalue weighted by atomic mass is 10.1. The van der Waals surface area contributed by atoms with Crippen LogP contribution in [0.2, 0.25) is 0 Å². The summed E-state index contributed by atoms with van der Waals surface area (Å²) in [7, 11) is 0. The lowest BCUT2D eigenvalue weighted by Gasteiger charge is -2.12. The zero-order valence-corrected chi connectivity index (χ0v) is 8.36. The number of aliphatic hydroxyl groups excluding tert-OH is 1. The van der Waals surface area contributed by atoms with E-state index in [-0.39, 0.29) is 5.69 Å². The van der Waals surface area contributed by atoms with Crippen LogP contribution >= 0.6 is 0 Å². The molecule has 0 radical (unpaired) electrons. The molecule has 0 saturated heterocycles. The standard InChI is InChI=1S/C10H9F3N2O/c1-6-7-4-2-3-5-15(7)14-8(6)9(16)10(11,12)13/h2-5,9,16H,1H3. The molecule has 3 nitrogen and oxygen atoms in total. The third-order valence-electron chi connectivity index (χ3n) is 2.39. The maximum absolute atomic E-state index is 12.3. The van der Waals surface area contributed by atoms with Crippen LogP contribution in [0.5, 0.6) is 0 Å². The predicted molar refractivity (Wildman–Crippen MR) is 50.9 cm³/mol. The van der Waals surface area contributed by atoms with Gasteiger partial charge in [0.15, 0.2) is 6.10 Å². The number of rotatable bonds is 1. The van der Waals surface area contributed by atoms with Gasteiger partial charge in [0.05, 0.1) is 5.52 Å². The van der Waals surface area contributed by atoms with Crippen molar-refractivity contribution in [1.82, 2.24) is 9.61 Å². The second-order valence-corrected chi connectivity index (χ2v) is 3.48. The second-order valence-electron chi connectivity index (χ2n) is 3.48. The van der Waals surface area contributed by atoms with Crippen molar-refractivity contribution >= 4 is 5.52 Å². The van der Waals surface area contributed by atoms with Crippen molar-refractivity contribution in [3.63, 3.8) is 0 Å². The zero-order valence-electron chi connectivity index (χ0n) is 8.36. The van der Waals surface area contributed by atoms with Crippen LogP contribution in [0.15, 0.2) is 24.4 Å². The number of fused-ring (bicyclic) bond motifs is 1. The lowest BCUT2D eigenvalue weighted by Crippen LogP contribution is -2.21. The molecule has 2 heterocycles. The average molecular weight is 230 g/mol. The highest BCUT2D eigenvalue weighted by Gasteiger charge is 2.42. The first-order valence-corrected chi connectivity index (χ1v) is 4.60. The van der Waals surface area contributed by atoms with E-state index in [0.717, 1.165) is 0 Å². The molecule has 1 N–H and O–H groups in total. The van der Waals surface area contributed by atoms with Gasteiger partial charge >= 0.3 is 6.18 Å². The van der Waals surface area contributed by atoms with Crippen molar-refractivity contribution in [3.8, 4) is 0 Å². The molecular weight excluding hydrogens is 221 g/mol. The van der Waals surface area contributed by atoms with Crippen molar-refractivity contribution in [2.45, 2.75) is 19.2 Å². The van der Waals surface area contributed by atoms with Gasteiger partial charge in [0, 0.05) is 11.8 Å². The van der Waals surface area contributed by atoms with Crippen LogP contribution in [0.4, 0.5) is 13.2 Å². The van der Waals surface area contributed by atoms with Gasteiger partial charge in [-0.2, -0.15) is 18.3 Å². The zero-order chi connectivity index (χ0) is 11.9. The summed E-state index contributed by atoms with van der Waals surface area (Å²) >= 11 is 0. The fourth-order valence-corrected chi connectivity index (χ4v) is 1.56. The van der Waals surface area contributed by atoms with Gasteiger partial charge in [0.2, 0.25) is 0 Å². The van der Waals surface area contributed by atoms with Gasteiger partial charge in [0.25, 0.3) is 0 Å². The second kappa shape index (κ2) is 3.48. The number of aryl methyl sites for hydroxylation is 1. The Morgan fingerprint density at radius 3 is 2.62 bits per heavy atom. The molecule has 16 heavy (non-hydrogen) atoms. The first-order chi connectivity index (χ1) is 7.41. The van der Waals surface area contributed by atoms with Crippen LogP contribution < -0.4 is 0 Å². The number of alkyl halides is 3. The molecule has 1 atom stereocenters. The summed E-state index contributed by atoms with van der Waals surface area (Å²) in [5, 5.41) is 12.9. The molecule has 0 fully saturated rings. The molecule has 0 aromatic carbocycles. The average Bonchev–Trinajstić information content (AvgIpc) is 2.54. The van der Waals surface area contributed by atoms with Crippen LogP contribution in [-0.2, 0) is 0 Å². The van der Waals surface area contributed by atoms with Crippen molar-refractivity contribution in [1.29, 1.82) is 0 Å². The van der Waals surface area contributed by atoms with Crippen LogP contribution in [0, 0.1) is 6.92 Å². The molecule has 0 amide bonds. The van der Waals surface area contributed by atoms with Crippen molar-refractivity contribution in [3.05, 3.63) is 35.7 Å². The normalized spacial score (nSPS) is 14.3. The van der Waals surface area contributed by atoms with E-state index in [2.05, 4.69) is 5.10 Å². The number of pyridine rings is 1. The molecule has 1 unspecified atom stereocenters. The largest absolute Gasteiger partial charge is 0.420 e. The number of hydrogen-bond acceptors (Lipinski definition) is 2. The Kier molecular flexibility index (Phi) is 2.38. The topological polar surface area (TPSA) is 37.5 Å². The first kappa shape index (κ1) is 10.9. The fraction of sp³-hybridized carbons (Fsp3) is 0.300. The molecule has 0 aliphatic heterocycles. The van der Waals surface area contributed by atoms with E-state index in [1.807, 2.05) is 0 Å². The summed E-state index contributed by atoms with van der Waals surface area (Å²) in [6.45, 7) is 1.51. The van der Waals surface area contributed by atoms with E-state index in [0.29, 0.717) is 11.1 Å². The molecule has 0 saturated carbocycles. The van der Waals surface area contributed by atoms with Crippen LogP contribution in [0.25, 0.3) is 5.52 Å². The van der Waals surface area contributed by atoms with Gasteiger partial charge in [0.1, 0.15) is 5.69 Å². The Bertz CT molecular complexity index is 518. The summed E-state index contributed by atoms with van der Waals surface area (Å²) in [4.78, 5) is 0. The van der Waals surface area contributed by atoms with E-state index in [1.54, 1.807) is 18.2 Å². The molecule has 2 aromatic rings. The Labute approximate surface area is 89.1 Å². The Hall–Kier alpha value is -1.56. The molecule has 6 heteroatoms. The molecular formula is C10H9F3N2O. The Morgan fingerprint density at radius 1 is 1.38 bits per heavy atom. The Balaban J connectivity index is 2.58. The minimum Gasteiger partial charge on any atom is -0.378 e. The van der Waals surface area contributed by atoms with Gasteiger partial charge in [-0.15, -0.1) is 0 Å². The van der Waals surface area contributed by atoms with E-state index >= 15 is 0 Å². The summed E-state index contributed by atoms with van der Waals surface area (Å²) < 4.78 is 38.4. The maximum Gasteiger partial charge on any atom is 0.420 e. The van der Waals surface area contributed by atoms with E-state index in [4.69, 9.17) is 5.11 Å². The van der Waals surface area contributed by atoms with E-state index in [9.17, 15) is 13.2 Å². The highest BCUT2D eigenvalue weighted by atomic mass is 19.4. The van der Waals surface area contributed by atoms with Gasteiger partial charge in [-0.3, -0.25) is 0 Å². The fourth-order valence-electron chi connectivity index (χ4n) is 1.56. The third kappa shape index (κ3) is 1.65. The van der Waals surface area contributed by atoms with Crippen LogP contribution in [-0.4, -0.2) is 20.9 Å². The van der Waals surface area contributed by atoms with Crippen molar-refractivity contribution in [2.24, 2.45) is 0 Å². The van der Waals surface area contributed by atoms with Crippen molar-refractivity contribution < 1.29 is 18.3 Å². The number of aliphatic hydroxyl groups is 1. The van der Waals surface area contributed by atoms with Gasteiger partial charge in [-0.1, -0.05) is 6.07 Å². The van der Waals surface area contributed by atoms with E-state index in [1.165, 1.54) is 17.6 Å². The molecule has 0 spiro atoms. The molecule has 86 valence electrons. The molecule has 2 aromatic heterocycles. The summed E-state index contributed by atoms with van der Waals surface area (Å²) in [6, 6.07) is 5.01. The minimum absolute atomic E-state index is 0.338. The summed E-state index contributed by atoms with van der Waals surface area (Å²) in [5.74, 6) is 0. The maximum atomic E-state index is 12.3. The quantitative estimate of drug-likeness (QED) is 0.815. The monoisotopic (exact) mass is 230 g/mol. The Morgan fingerprint density at radius 2 is 2.06 bits per heavy atom. The van der Waals surface area contributed by atoms with E-state index < -0.39 is 12.3 Å². The molecule has 2 rings (SSSR count). The predicted octanol–water partition coefficient (Wildman–Crippen LogP) is 2.24. The summed E-state index contributed by atoms with van der Waals surface area (Å²) in [6.07, 6.45) is -5.69. The molecule has 0 bridgehead atoms. The SMILES string of the molecule is Cc1c(C(O)C(F)(F)F)nn2ccccc12. The van der Waals surface area contributed by atoms with Crippen LogP contribution in [0.1, 0.15) is 17.4 Å². The third-order valence-corrected chi connectivity index (χ3v) is 2.39. The van der Waals surface area contributed by atoms with Gasteiger partial charge in [-0.05, 0) is 19.1 Å². The highest BCUT2D eigenvalue weighted by molar-refractivity contribution is 5.56. The van der Waals surface area contributed by atoms with Gasteiger partial charge in [-0.25, -0.2) is 4.52 Å². The smallest absolute Gasteiger partial charge is 0.378 e. The van der Waals surface area contributed by atoms with Crippen molar-refractivity contribution in [2.75, 3.05) is 0 Å². The summed E-state index contributed by atoms with van der Waals surface area (Å²) in [5.41, 5.74) is 0.546.